The summed E-state index contributed by atoms with van der Waals surface area (Å²) >= 11 is 0. The molecule has 6 rings (SSSR count). The molecule has 4 heteroatoms. The third kappa shape index (κ3) is 3.59. The Labute approximate surface area is 197 Å². The fourth-order valence-electron chi connectivity index (χ4n) is 4.15. The maximum Gasteiger partial charge on any atom is 0.227 e. The van der Waals surface area contributed by atoms with Crippen molar-refractivity contribution >= 4 is 33.3 Å². The summed E-state index contributed by atoms with van der Waals surface area (Å²) in [7, 11) is 0. The highest BCUT2D eigenvalue weighted by Crippen LogP contribution is 2.31. The van der Waals surface area contributed by atoms with E-state index in [1.807, 2.05) is 48.5 Å². The van der Waals surface area contributed by atoms with Gasteiger partial charge in [0.2, 0.25) is 11.8 Å². The van der Waals surface area contributed by atoms with Gasteiger partial charge in [0.25, 0.3) is 0 Å². The third-order valence-corrected chi connectivity index (χ3v) is 6.28. The van der Waals surface area contributed by atoms with Crippen LogP contribution in [-0.2, 0) is 0 Å². The minimum atomic E-state index is 0.640. The van der Waals surface area contributed by atoms with Gasteiger partial charge in [-0.2, -0.15) is 0 Å². The Hall–Kier alpha value is -4.44. The van der Waals surface area contributed by atoms with Gasteiger partial charge < -0.3 is 8.83 Å². The quantitative estimate of drug-likeness (QED) is 0.258. The highest BCUT2D eigenvalue weighted by atomic mass is 16.4. The van der Waals surface area contributed by atoms with E-state index in [1.165, 1.54) is 22.3 Å². The Morgan fingerprint density at radius 2 is 0.882 bits per heavy atom. The van der Waals surface area contributed by atoms with E-state index >= 15 is 0 Å². The number of fused-ring (bicyclic) bond motifs is 2. The highest BCUT2D eigenvalue weighted by molar-refractivity contribution is 5.89. The summed E-state index contributed by atoms with van der Waals surface area (Å²) < 4.78 is 11.8. The lowest BCUT2D eigenvalue weighted by Gasteiger charge is -2.10. The first kappa shape index (κ1) is 20.2. The van der Waals surface area contributed by atoms with Crippen molar-refractivity contribution in [3.8, 4) is 22.9 Å². The molecule has 0 amide bonds. The molecule has 0 aliphatic heterocycles. The number of benzene rings is 4. The minimum Gasteiger partial charge on any atom is -0.436 e. The molecule has 4 aromatic carbocycles. The SMILES string of the molecule is CC(=C(C)c1ccc(-c2nc3ccccc3o2)cc1)c1ccc(-c2nc3ccccc3o2)cc1. The number of para-hydroxylation sites is 4. The molecule has 34 heavy (non-hydrogen) atoms. The average Bonchev–Trinajstić information content (AvgIpc) is 3.52. The number of nitrogens with zero attached hydrogens (tertiary/aromatic N) is 2. The van der Waals surface area contributed by atoms with Crippen LogP contribution in [0.25, 0.3) is 56.3 Å². The Morgan fingerprint density at radius 3 is 1.26 bits per heavy atom. The monoisotopic (exact) mass is 442 g/mol. The number of allylic oxidation sites excluding steroid dienone is 2. The van der Waals surface area contributed by atoms with Crippen LogP contribution < -0.4 is 0 Å². The summed E-state index contributed by atoms with van der Waals surface area (Å²) in [6.45, 7) is 4.30. The zero-order chi connectivity index (χ0) is 23.1. The second-order valence-electron chi connectivity index (χ2n) is 8.38. The molecule has 0 bridgehead atoms. The van der Waals surface area contributed by atoms with Gasteiger partial charge in [-0.1, -0.05) is 48.5 Å². The van der Waals surface area contributed by atoms with Gasteiger partial charge in [0.15, 0.2) is 11.2 Å². The van der Waals surface area contributed by atoms with Gasteiger partial charge in [-0.05, 0) is 84.7 Å². The molecule has 4 nitrogen and oxygen atoms in total. The van der Waals surface area contributed by atoms with Crippen molar-refractivity contribution in [2.45, 2.75) is 13.8 Å². The molecule has 0 saturated carbocycles. The fraction of sp³-hybridized carbons (Fsp3) is 0.0667. The Balaban J connectivity index is 1.26. The molecule has 0 radical (unpaired) electrons. The van der Waals surface area contributed by atoms with Gasteiger partial charge in [-0.25, -0.2) is 9.97 Å². The predicted octanol–water partition coefficient (Wildman–Crippen LogP) is 8.25. The summed E-state index contributed by atoms with van der Waals surface area (Å²) in [6, 6.07) is 32.4. The second kappa shape index (κ2) is 8.16. The van der Waals surface area contributed by atoms with Gasteiger partial charge in [0, 0.05) is 11.1 Å². The van der Waals surface area contributed by atoms with Crippen molar-refractivity contribution in [1.82, 2.24) is 9.97 Å². The van der Waals surface area contributed by atoms with E-state index in [4.69, 9.17) is 8.83 Å². The van der Waals surface area contributed by atoms with Crippen LogP contribution in [0.4, 0.5) is 0 Å². The number of hydrogen-bond donors (Lipinski definition) is 0. The topological polar surface area (TPSA) is 52.1 Å². The first-order chi connectivity index (χ1) is 16.7. The van der Waals surface area contributed by atoms with Crippen LogP contribution in [0.1, 0.15) is 25.0 Å². The fourth-order valence-corrected chi connectivity index (χ4v) is 4.15. The van der Waals surface area contributed by atoms with E-state index < -0.39 is 0 Å². The standard InChI is InChI=1S/C30H22N2O2/c1-19(21-11-15-23(16-12-21)29-31-25-7-3-5-9-27(25)33-29)20(2)22-13-17-24(18-14-22)30-32-26-8-4-6-10-28(26)34-30/h3-18H,1-2H3. The van der Waals surface area contributed by atoms with Gasteiger partial charge in [-0.3, -0.25) is 0 Å². The maximum atomic E-state index is 5.90. The average molecular weight is 443 g/mol. The summed E-state index contributed by atoms with van der Waals surface area (Å²) in [5.41, 5.74) is 10.0. The van der Waals surface area contributed by atoms with E-state index in [2.05, 4.69) is 72.3 Å². The van der Waals surface area contributed by atoms with Crippen LogP contribution in [0.5, 0.6) is 0 Å². The van der Waals surface area contributed by atoms with E-state index in [0.29, 0.717) is 11.8 Å². The number of oxazole rings is 2. The van der Waals surface area contributed by atoms with E-state index in [-0.39, 0.29) is 0 Å². The van der Waals surface area contributed by atoms with E-state index in [1.54, 1.807) is 0 Å². The molecular weight excluding hydrogens is 420 g/mol. The summed E-state index contributed by atoms with van der Waals surface area (Å²) in [5, 5.41) is 0. The van der Waals surface area contributed by atoms with Crippen molar-refractivity contribution < 1.29 is 8.83 Å². The highest BCUT2D eigenvalue weighted by Gasteiger charge is 2.11. The van der Waals surface area contributed by atoms with Gasteiger partial charge in [0.1, 0.15) is 11.0 Å². The van der Waals surface area contributed by atoms with Crippen molar-refractivity contribution in [3.05, 3.63) is 108 Å². The predicted molar refractivity (Wildman–Crippen MR) is 137 cm³/mol. The van der Waals surface area contributed by atoms with Crippen LogP contribution >= 0.6 is 0 Å². The Kier molecular flexibility index (Phi) is 4.84. The molecule has 0 N–H and O–H groups in total. The van der Waals surface area contributed by atoms with E-state index in [9.17, 15) is 0 Å². The zero-order valence-corrected chi connectivity index (χ0v) is 18.9. The summed E-state index contributed by atoms with van der Waals surface area (Å²) in [5.74, 6) is 1.28. The first-order valence-electron chi connectivity index (χ1n) is 11.3. The smallest absolute Gasteiger partial charge is 0.227 e. The number of hydrogen-bond acceptors (Lipinski definition) is 4. The molecule has 0 aliphatic rings. The van der Waals surface area contributed by atoms with Gasteiger partial charge >= 0.3 is 0 Å². The van der Waals surface area contributed by atoms with Gasteiger partial charge in [0.05, 0.1) is 0 Å². The third-order valence-electron chi connectivity index (χ3n) is 6.28. The van der Waals surface area contributed by atoms with Crippen LogP contribution in [-0.4, -0.2) is 9.97 Å². The number of rotatable bonds is 4. The molecule has 2 heterocycles. The second-order valence-corrected chi connectivity index (χ2v) is 8.38. The molecular formula is C30H22N2O2. The van der Waals surface area contributed by atoms with Crippen molar-refractivity contribution in [2.75, 3.05) is 0 Å². The molecule has 0 saturated heterocycles. The van der Waals surface area contributed by atoms with Crippen LogP contribution in [0.3, 0.4) is 0 Å². The van der Waals surface area contributed by atoms with E-state index in [0.717, 1.165) is 33.3 Å². The summed E-state index contributed by atoms with van der Waals surface area (Å²) in [4.78, 5) is 9.19. The molecule has 164 valence electrons. The van der Waals surface area contributed by atoms with Crippen molar-refractivity contribution in [3.63, 3.8) is 0 Å². The lowest BCUT2D eigenvalue weighted by molar-refractivity contribution is 0.619. The molecule has 0 fully saturated rings. The molecule has 0 aliphatic carbocycles. The molecule has 0 atom stereocenters. The molecule has 0 unspecified atom stereocenters. The summed E-state index contributed by atoms with van der Waals surface area (Å²) in [6.07, 6.45) is 0. The lowest BCUT2D eigenvalue weighted by Crippen LogP contribution is -1.88. The minimum absolute atomic E-state index is 0.640. The molecule has 2 aromatic heterocycles. The molecule has 0 spiro atoms. The van der Waals surface area contributed by atoms with Crippen LogP contribution in [0.15, 0.2) is 106 Å². The number of aromatic nitrogens is 2. The molecule has 6 aromatic rings. The van der Waals surface area contributed by atoms with Crippen molar-refractivity contribution in [2.24, 2.45) is 0 Å². The normalized spacial score (nSPS) is 12.3. The zero-order valence-electron chi connectivity index (χ0n) is 18.9. The maximum absolute atomic E-state index is 5.90. The Morgan fingerprint density at radius 1 is 0.500 bits per heavy atom. The van der Waals surface area contributed by atoms with Gasteiger partial charge in [-0.15, -0.1) is 0 Å². The van der Waals surface area contributed by atoms with Crippen LogP contribution in [0, 0.1) is 0 Å². The van der Waals surface area contributed by atoms with Crippen LogP contribution in [0.2, 0.25) is 0 Å². The lowest BCUT2D eigenvalue weighted by atomic mass is 9.96. The van der Waals surface area contributed by atoms with Crippen molar-refractivity contribution in [1.29, 1.82) is 0 Å². The Bertz CT molecular complexity index is 1460. The largest absolute Gasteiger partial charge is 0.436 e. The first-order valence-corrected chi connectivity index (χ1v) is 11.3.